The van der Waals surface area contributed by atoms with Gasteiger partial charge in [0.05, 0.1) is 0 Å². The van der Waals surface area contributed by atoms with Crippen molar-refractivity contribution in [2.24, 2.45) is 10.4 Å². The molecule has 0 radical (unpaired) electrons. The molecule has 130 valence electrons. The number of aliphatic imine (C=N–C) groups is 1. The number of hydrogen-bond acceptors (Lipinski definition) is 2. The maximum atomic E-state index is 11.7. The molecule has 0 aliphatic heterocycles. The Hall–Kier alpha value is -1.26. The van der Waals surface area contributed by atoms with Crippen LogP contribution in [0.2, 0.25) is 0 Å². The Morgan fingerprint density at radius 1 is 1.14 bits per heavy atom. The van der Waals surface area contributed by atoms with E-state index in [1.165, 1.54) is 0 Å². The third-order valence-electron chi connectivity index (χ3n) is 3.58. The molecule has 0 saturated carbocycles. The molecule has 2 N–H and O–H groups in total. The zero-order chi connectivity index (χ0) is 17.3. The van der Waals surface area contributed by atoms with E-state index in [0.29, 0.717) is 17.5 Å². The Balaban J connectivity index is 4.64. The topological polar surface area (TPSA) is 56.7 Å². The molecule has 5 nitrogen and oxygen atoms in total. The van der Waals surface area contributed by atoms with Crippen LogP contribution >= 0.6 is 0 Å². The fraction of sp³-hybridized carbons (Fsp3) is 0.882. The minimum absolute atomic E-state index is 0.00703. The number of nitrogens with one attached hydrogen (secondary N) is 2. The van der Waals surface area contributed by atoms with Crippen molar-refractivity contribution >= 4 is 11.9 Å². The first-order valence-corrected chi connectivity index (χ1v) is 8.32. The van der Waals surface area contributed by atoms with Crippen molar-refractivity contribution in [3.63, 3.8) is 0 Å². The molecule has 0 heterocycles. The molecule has 0 spiro atoms. The van der Waals surface area contributed by atoms with Crippen molar-refractivity contribution in [1.82, 2.24) is 15.5 Å². The third kappa shape index (κ3) is 10.5. The van der Waals surface area contributed by atoms with Crippen LogP contribution in [0.15, 0.2) is 4.99 Å². The molecule has 0 bridgehead atoms. The van der Waals surface area contributed by atoms with Crippen LogP contribution < -0.4 is 10.6 Å². The standard InChI is InChI=1S/C17H36N4O/c1-9-13(2)19-16(18-12-15(22)21(7)8)20-14(3)10-11-17(4,5)6/h13-14H,9-12H2,1-8H3,(H2,18,19,20). The van der Waals surface area contributed by atoms with Gasteiger partial charge in [-0.05, 0) is 38.5 Å². The molecule has 0 aliphatic carbocycles. The first-order chi connectivity index (χ1) is 10.0. The number of carbonyl (C=O) groups is 1. The van der Waals surface area contributed by atoms with Crippen molar-refractivity contribution in [2.45, 2.75) is 72.9 Å². The molecule has 1 amide bonds. The van der Waals surface area contributed by atoms with E-state index in [1.807, 2.05) is 0 Å². The highest BCUT2D eigenvalue weighted by Gasteiger charge is 2.14. The van der Waals surface area contributed by atoms with E-state index >= 15 is 0 Å². The molecule has 22 heavy (non-hydrogen) atoms. The van der Waals surface area contributed by atoms with Gasteiger partial charge in [0, 0.05) is 26.2 Å². The van der Waals surface area contributed by atoms with Gasteiger partial charge < -0.3 is 15.5 Å². The SMILES string of the molecule is CCC(C)NC(=NCC(=O)N(C)C)NC(C)CCC(C)(C)C. The number of rotatable bonds is 7. The van der Waals surface area contributed by atoms with Gasteiger partial charge in [-0.3, -0.25) is 4.79 Å². The van der Waals surface area contributed by atoms with Crippen molar-refractivity contribution in [2.75, 3.05) is 20.6 Å². The van der Waals surface area contributed by atoms with Crippen molar-refractivity contribution < 1.29 is 4.79 Å². The maximum absolute atomic E-state index is 11.7. The largest absolute Gasteiger partial charge is 0.354 e. The van der Waals surface area contributed by atoms with Gasteiger partial charge in [0.25, 0.3) is 0 Å². The van der Waals surface area contributed by atoms with E-state index in [-0.39, 0.29) is 12.5 Å². The molecule has 0 aromatic carbocycles. The Morgan fingerprint density at radius 3 is 2.14 bits per heavy atom. The summed E-state index contributed by atoms with van der Waals surface area (Å²) in [6, 6.07) is 0.652. The van der Waals surface area contributed by atoms with Crippen LogP contribution in [0.25, 0.3) is 0 Å². The fourth-order valence-corrected chi connectivity index (χ4v) is 1.71. The van der Waals surface area contributed by atoms with Crippen LogP contribution in [-0.4, -0.2) is 49.5 Å². The average molecular weight is 313 g/mol. The molecule has 5 heteroatoms. The number of guanidine groups is 1. The van der Waals surface area contributed by atoms with E-state index in [1.54, 1.807) is 19.0 Å². The second kappa shape index (κ2) is 9.70. The van der Waals surface area contributed by atoms with Gasteiger partial charge in [0.15, 0.2) is 5.96 Å². The van der Waals surface area contributed by atoms with Gasteiger partial charge in [-0.15, -0.1) is 0 Å². The number of likely N-dealkylation sites (N-methyl/N-ethyl adjacent to an activating group) is 1. The summed E-state index contributed by atoms with van der Waals surface area (Å²) in [4.78, 5) is 17.7. The lowest BCUT2D eigenvalue weighted by Gasteiger charge is -2.24. The first kappa shape index (κ1) is 20.7. The number of hydrogen-bond donors (Lipinski definition) is 2. The maximum Gasteiger partial charge on any atom is 0.243 e. The average Bonchev–Trinajstić information content (AvgIpc) is 2.41. The monoisotopic (exact) mass is 312 g/mol. The lowest BCUT2D eigenvalue weighted by molar-refractivity contribution is -0.127. The molecule has 0 saturated heterocycles. The summed E-state index contributed by atoms with van der Waals surface area (Å²) in [5.74, 6) is 0.735. The van der Waals surface area contributed by atoms with Gasteiger partial charge in [0.1, 0.15) is 6.54 Å². The van der Waals surface area contributed by atoms with E-state index < -0.39 is 0 Å². The zero-order valence-corrected chi connectivity index (χ0v) is 15.8. The predicted molar refractivity (Wildman–Crippen MR) is 95.2 cm³/mol. The second-order valence-electron chi connectivity index (χ2n) is 7.55. The van der Waals surface area contributed by atoms with Gasteiger partial charge in [-0.1, -0.05) is 27.7 Å². The van der Waals surface area contributed by atoms with Gasteiger partial charge >= 0.3 is 0 Å². The highest BCUT2D eigenvalue weighted by Crippen LogP contribution is 2.21. The van der Waals surface area contributed by atoms with Crippen molar-refractivity contribution in [3.8, 4) is 0 Å². The first-order valence-electron chi connectivity index (χ1n) is 8.32. The number of nitrogens with zero attached hydrogens (tertiary/aromatic N) is 2. The molecule has 0 aliphatic rings. The molecule has 2 atom stereocenters. The quantitative estimate of drug-likeness (QED) is 0.561. The van der Waals surface area contributed by atoms with Crippen molar-refractivity contribution in [3.05, 3.63) is 0 Å². The molecule has 0 rings (SSSR count). The van der Waals surface area contributed by atoms with Crippen LogP contribution in [-0.2, 0) is 4.79 Å². The summed E-state index contributed by atoms with van der Waals surface area (Å²) < 4.78 is 0. The fourth-order valence-electron chi connectivity index (χ4n) is 1.71. The smallest absolute Gasteiger partial charge is 0.243 e. The molecule has 0 aromatic rings. The van der Waals surface area contributed by atoms with Gasteiger partial charge in [-0.2, -0.15) is 0 Å². The summed E-state index contributed by atoms with van der Waals surface area (Å²) in [7, 11) is 3.50. The highest BCUT2D eigenvalue weighted by molar-refractivity contribution is 5.85. The summed E-state index contributed by atoms with van der Waals surface area (Å²) in [6.45, 7) is 13.3. The number of carbonyl (C=O) groups excluding carboxylic acids is 1. The minimum atomic E-state index is 0.00703. The van der Waals surface area contributed by atoms with Crippen molar-refractivity contribution in [1.29, 1.82) is 0 Å². The summed E-state index contributed by atoms with van der Waals surface area (Å²) in [5.41, 5.74) is 0.332. The number of amides is 1. The summed E-state index contributed by atoms with van der Waals surface area (Å²) >= 11 is 0. The van der Waals surface area contributed by atoms with Crippen LogP contribution in [0.4, 0.5) is 0 Å². The Morgan fingerprint density at radius 2 is 1.68 bits per heavy atom. The Labute approximate surface area is 136 Å². The van der Waals surface area contributed by atoms with Crippen LogP contribution in [0, 0.1) is 5.41 Å². The van der Waals surface area contributed by atoms with E-state index in [2.05, 4.69) is 57.2 Å². The summed E-state index contributed by atoms with van der Waals surface area (Å²) in [5, 5.41) is 6.77. The molecule has 2 unspecified atom stereocenters. The minimum Gasteiger partial charge on any atom is -0.354 e. The zero-order valence-electron chi connectivity index (χ0n) is 15.8. The van der Waals surface area contributed by atoms with E-state index in [4.69, 9.17) is 0 Å². The molecule has 0 aromatic heterocycles. The molecular weight excluding hydrogens is 276 g/mol. The van der Waals surface area contributed by atoms with Gasteiger partial charge in [-0.25, -0.2) is 4.99 Å². The van der Waals surface area contributed by atoms with Crippen LogP contribution in [0.5, 0.6) is 0 Å². The molecule has 0 fully saturated rings. The third-order valence-corrected chi connectivity index (χ3v) is 3.58. The lowest BCUT2D eigenvalue weighted by Crippen LogP contribution is -2.46. The highest BCUT2D eigenvalue weighted by atomic mass is 16.2. The van der Waals surface area contributed by atoms with Gasteiger partial charge in [0.2, 0.25) is 5.91 Å². The Bertz CT molecular complexity index is 358. The lowest BCUT2D eigenvalue weighted by atomic mass is 9.89. The second-order valence-corrected chi connectivity index (χ2v) is 7.55. The van der Waals surface area contributed by atoms with Crippen LogP contribution in [0.1, 0.15) is 60.8 Å². The van der Waals surface area contributed by atoms with E-state index in [0.717, 1.165) is 25.2 Å². The normalized spacial score (nSPS) is 15.2. The van der Waals surface area contributed by atoms with E-state index in [9.17, 15) is 4.79 Å². The van der Waals surface area contributed by atoms with Crippen LogP contribution in [0.3, 0.4) is 0 Å². The summed E-state index contributed by atoms with van der Waals surface area (Å²) in [6.07, 6.45) is 3.24. The Kier molecular flexibility index (Phi) is 9.14. The molecular formula is C17H36N4O. The predicted octanol–water partition coefficient (Wildman–Crippen LogP) is 2.62.